The van der Waals surface area contributed by atoms with Crippen LogP contribution in [-0.4, -0.2) is 45.5 Å². The van der Waals surface area contributed by atoms with Crippen LogP contribution < -0.4 is 10.1 Å². The van der Waals surface area contributed by atoms with E-state index in [9.17, 15) is 18.0 Å². The summed E-state index contributed by atoms with van der Waals surface area (Å²) in [4.78, 5) is 16.1. The van der Waals surface area contributed by atoms with Gasteiger partial charge >= 0.3 is 6.18 Å². The Kier molecular flexibility index (Phi) is 6.32. The number of aromatic nitrogens is 3. The van der Waals surface area contributed by atoms with Crippen molar-refractivity contribution in [1.82, 2.24) is 20.1 Å². The molecular weight excluding hydrogens is 389 g/mol. The fraction of sp³-hybridized carbons (Fsp3) is 0.316. The quantitative estimate of drug-likeness (QED) is 0.597. The Hall–Kier alpha value is -3.14. The molecule has 0 fully saturated rings. The maximum absolute atomic E-state index is 12.6. The molecule has 0 aliphatic carbocycles. The largest absolute Gasteiger partial charge is 0.492 e. The number of fused-ring (bicyclic) bond motifs is 1. The van der Waals surface area contributed by atoms with Crippen molar-refractivity contribution < 1.29 is 27.8 Å². The van der Waals surface area contributed by atoms with Crippen molar-refractivity contribution in [3.8, 4) is 5.75 Å². The fourth-order valence-corrected chi connectivity index (χ4v) is 2.71. The second-order valence-corrected chi connectivity index (χ2v) is 6.20. The summed E-state index contributed by atoms with van der Waals surface area (Å²) in [6.07, 6.45) is -1.01. The first-order chi connectivity index (χ1) is 13.9. The highest BCUT2D eigenvalue weighted by atomic mass is 19.4. The Morgan fingerprint density at radius 2 is 1.97 bits per heavy atom. The van der Waals surface area contributed by atoms with Gasteiger partial charge < -0.3 is 15.2 Å². The van der Waals surface area contributed by atoms with E-state index in [1.54, 1.807) is 23.1 Å². The van der Waals surface area contributed by atoms with Crippen LogP contribution in [0.25, 0.3) is 10.9 Å². The lowest BCUT2D eigenvalue weighted by atomic mass is 10.2. The minimum atomic E-state index is -4.38. The molecule has 0 aliphatic heterocycles. The third-order valence-corrected chi connectivity index (χ3v) is 4.10. The summed E-state index contributed by atoms with van der Waals surface area (Å²) < 4.78 is 44.8. The molecule has 7 nitrogen and oxygen atoms in total. The van der Waals surface area contributed by atoms with E-state index < -0.39 is 11.7 Å². The van der Waals surface area contributed by atoms with Crippen molar-refractivity contribution in [3.63, 3.8) is 0 Å². The number of alkyl halides is 3. The Bertz CT molecular complexity index is 971. The lowest BCUT2D eigenvalue weighted by Gasteiger charge is -2.09. The highest BCUT2D eigenvalue weighted by molar-refractivity contribution is 5.86. The molecule has 1 amide bonds. The second-order valence-electron chi connectivity index (χ2n) is 6.20. The first-order valence-corrected chi connectivity index (χ1v) is 8.85. The molecule has 0 saturated heterocycles. The predicted molar refractivity (Wildman–Crippen MR) is 98.3 cm³/mol. The average Bonchev–Trinajstić information content (AvgIpc) is 3.10. The average molecular weight is 408 g/mol. The summed E-state index contributed by atoms with van der Waals surface area (Å²) >= 11 is 0. The fourth-order valence-electron chi connectivity index (χ4n) is 2.71. The van der Waals surface area contributed by atoms with Crippen molar-refractivity contribution in [2.24, 2.45) is 0 Å². The number of aliphatic hydroxyl groups is 1. The van der Waals surface area contributed by atoms with Crippen LogP contribution in [0.3, 0.4) is 0 Å². The Balaban J connectivity index is 1.61. The topological polar surface area (TPSA) is 89.3 Å². The lowest BCUT2D eigenvalue weighted by molar-refractivity contribution is -0.137. The standard InChI is InChI=1S/C19H19F3N4O3/c20-19(21,22)13-1-3-14(4-2-13)29-10-8-26-12-15-16(25-26)5-6-23-17(15)11-18(28)24-7-9-27/h1-6,12,27H,7-11H2,(H,24,28). The number of rotatable bonds is 8. The van der Waals surface area contributed by atoms with E-state index in [4.69, 9.17) is 9.84 Å². The molecule has 0 aliphatic rings. The monoisotopic (exact) mass is 408 g/mol. The molecule has 154 valence electrons. The van der Waals surface area contributed by atoms with Crippen LogP contribution in [-0.2, 0) is 23.9 Å². The highest BCUT2D eigenvalue weighted by Gasteiger charge is 2.30. The molecule has 2 N–H and O–H groups in total. The molecule has 0 saturated carbocycles. The van der Waals surface area contributed by atoms with Crippen molar-refractivity contribution >= 4 is 16.8 Å². The van der Waals surface area contributed by atoms with Gasteiger partial charge in [0.05, 0.1) is 36.3 Å². The van der Waals surface area contributed by atoms with Crippen LogP contribution in [0.4, 0.5) is 13.2 Å². The number of amides is 1. The van der Waals surface area contributed by atoms with Crippen molar-refractivity contribution in [2.75, 3.05) is 19.8 Å². The van der Waals surface area contributed by atoms with Gasteiger partial charge in [0.15, 0.2) is 0 Å². The number of aliphatic hydroxyl groups excluding tert-OH is 1. The first kappa shape index (κ1) is 20.6. The van der Waals surface area contributed by atoms with E-state index in [-0.39, 0.29) is 32.1 Å². The second kappa shape index (κ2) is 8.91. The normalized spacial score (nSPS) is 11.6. The van der Waals surface area contributed by atoms with Crippen LogP contribution in [0, 0.1) is 0 Å². The van der Waals surface area contributed by atoms with Crippen LogP contribution in [0.1, 0.15) is 11.3 Å². The molecule has 0 spiro atoms. The van der Waals surface area contributed by atoms with Crippen LogP contribution in [0.5, 0.6) is 5.75 Å². The minimum absolute atomic E-state index is 0.0606. The number of hydrogen-bond acceptors (Lipinski definition) is 5. The van der Waals surface area contributed by atoms with Gasteiger partial charge in [0, 0.05) is 24.3 Å². The molecule has 2 aromatic heterocycles. The highest BCUT2D eigenvalue weighted by Crippen LogP contribution is 2.30. The molecular formula is C19H19F3N4O3. The number of carbonyl (C=O) groups is 1. The molecule has 0 radical (unpaired) electrons. The number of nitrogens with one attached hydrogen (secondary N) is 1. The van der Waals surface area contributed by atoms with E-state index in [2.05, 4.69) is 15.4 Å². The predicted octanol–water partition coefficient (Wildman–Crippen LogP) is 2.18. The zero-order chi connectivity index (χ0) is 20.9. The molecule has 10 heteroatoms. The molecule has 1 aromatic carbocycles. The van der Waals surface area contributed by atoms with Gasteiger partial charge in [-0.15, -0.1) is 0 Å². The van der Waals surface area contributed by atoms with Gasteiger partial charge in [0.25, 0.3) is 0 Å². The molecule has 0 unspecified atom stereocenters. The van der Waals surface area contributed by atoms with Gasteiger partial charge in [0.2, 0.25) is 5.91 Å². The van der Waals surface area contributed by atoms with Crippen LogP contribution >= 0.6 is 0 Å². The summed E-state index contributed by atoms with van der Waals surface area (Å²) in [7, 11) is 0. The van der Waals surface area contributed by atoms with E-state index >= 15 is 0 Å². The van der Waals surface area contributed by atoms with Crippen LogP contribution in [0.2, 0.25) is 0 Å². The van der Waals surface area contributed by atoms with Crippen LogP contribution in [0.15, 0.2) is 42.7 Å². The SMILES string of the molecule is O=C(Cc1nccc2nn(CCOc3ccc(C(F)(F)F)cc3)cc12)NCCO. The number of hydrogen-bond donors (Lipinski definition) is 2. The Morgan fingerprint density at radius 1 is 1.21 bits per heavy atom. The molecule has 3 rings (SSSR count). The smallest absolute Gasteiger partial charge is 0.416 e. The van der Waals surface area contributed by atoms with Crippen molar-refractivity contribution in [1.29, 1.82) is 0 Å². The molecule has 29 heavy (non-hydrogen) atoms. The molecule has 3 aromatic rings. The van der Waals surface area contributed by atoms with E-state index in [1.807, 2.05) is 0 Å². The summed E-state index contributed by atoms with van der Waals surface area (Å²) in [5.41, 5.74) is 0.499. The lowest BCUT2D eigenvalue weighted by Crippen LogP contribution is -2.28. The number of carbonyl (C=O) groups excluding carboxylic acids is 1. The summed E-state index contributed by atoms with van der Waals surface area (Å²) in [6.45, 7) is 0.612. The molecule has 2 heterocycles. The Labute approximate surface area is 164 Å². The van der Waals surface area contributed by atoms with Gasteiger partial charge in [0.1, 0.15) is 12.4 Å². The number of nitrogens with zero attached hydrogens (tertiary/aromatic N) is 3. The van der Waals surface area contributed by atoms with E-state index in [0.717, 1.165) is 17.5 Å². The zero-order valence-electron chi connectivity index (χ0n) is 15.3. The van der Waals surface area contributed by atoms with Crippen molar-refractivity contribution in [3.05, 3.63) is 54.0 Å². The van der Waals surface area contributed by atoms with Gasteiger partial charge in [-0.25, -0.2) is 0 Å². The van der Waals surface area contributed by atoms with Gasteiger partial charge in [-0.3, -0.25) is 14.5 Å². The Morgan fingerprint density at radius 3 is 2.66 bits per heavy atom. The summed E-state index contributed by atoms with van der Waals surface area (Å²) in [5, 5.41) is 16.5. The minimum Gasteiger partial charge on any atom is -0.492 e. The molecule has 0 atom stereocenters. The number of halogens is 3. The third kappa shape index (κ3) is 5.44. The number of ether oxygens (including phenoxy) is 1. The number of pyridine rings is 1. The molecule has 0 bridgehead atoms. The van der Waals surface area contributed by atoms with E-state index in [0.29, 0.717) is 23.5 Å². The maximum Gasteiger partial charge on any atom is 0.416 e. The van der Waals surface area contributed by atoms with Gasteiger partial charge in [-0.05, 0) is 30.3 Å². The third-order valence-electron chi connectivity index (χ3n) is 4.10. The van der Waals surface area contributed by atoms with Gasteiger partial charge in [-0.1, -0.05) is 0 Å². The number of benzene rings is 1. The maximum atomic E-state index is 12.6. The van der Waals surface area contributed by atoms with E-state index in [1.165, 1.54) is 12.1 Å². The zero-order valence-corrected chi connectivity index (χ0v) is 15.3. The first-order valence-electron chi connectivity index (χ1n) is 8.85. The summed E-state index contributed by atoms with van der Waals surface area (Å²) in [6, 6.07) is 6.21. The van der Waals surface area contributed by atoms with Crippen molar-refractivity contribution in [2.45, 2.75) is 19.1 Å². The summed E-state index contributed by atoms with van der Waals surface area (Å²) in [5.74, 6) is 0.0788. The van der Waals surface area contributed by atoms with Gasteiger partial charge in [-0.2, -0.15) is 18.3 Å².